The Labute approximate surface area is 76.2 Å². The fraction of sp³-hybridized carbons (Fsp3) is 1.00. The Bertz CT molecular complexity index is 224. The summed E-state index contributed by atoms with van der Waals surface area (Å²) < 4.78 is 22.9. The first-order valence-corrected chi connectivity index (χ1v) is 3.79. The zero-order valence-electron chi connectivity index (χ0n) is 7.13. The lowest BCUT2D eigenvalue weighted by Gasteiger charge is -2.12. The fourth-order valence-corrected chi connectivity index (χ4v) is 1.26. The van der Waals surface area contributed by atoms with Crippen molar-refractivity contribution in [3.63, 3.8) is 0 Å². The molecule has 1 rings (SSSR count). The Morgan fingerprint density at radius 3 is 3.00 bits per heavy atom. The number of rotatable bonds is 3. The number of alkyl halides is 1. The quantitative estimate of drug-likeness (QED) is 0.278. The van der Waals surface area contributed by atoms with E-state index in [1.165, 1.54) is 7.11 Å². The number of hydrogen-bond donors (Lipinski definition) is 0. The highest BCUT2D eigenvalue weighted by atomic mass is 19.1. The molecule has 7 heteroatoms. The average molecular weight is 185 g/mol. The van der Waals surface area contributed by atoms with Crippen LogP contribution in [0.5, 0.6) is 0 Å². The second-order valence-corrected chi connectivity index (χ2v) is 2.73. The Morgan fingerprint density at radius 1 is 1.77 bits per heavy atom. The minimum atomic E-state index is -1.46. The molecule has 1 unspecified atom stereocenters. The third kappa shape index (κ3) is 2.12. The second-order valence-electron chi connectivity index (χ2n) is 2.73. The minimum absolute atomic E-state index is 0.164. The average Bonchev–Trinajstić information content (AvgIpc) is 2.34. The predicted molar refractivity (Wildman–Crippen MR) is 44.1 cm³/mol. The van der Waals surface area contributed by atoms with Crippen LogP contribution in [0.4, 0.5) is 4.39 Å². The normalized spacial score (nSPS) is 38.6. The molecule has 0 aromatic carbocycles. The van der Waals surface area contributed by atoms with Gasteiger partial charge >= 0.3 is 0 Å². The van der Waals surface area contributed by atoms with Gasteiger partial charge < -0.3 is 9.47 Å². The van der Waals surface area contributed by atoms with Crippen LogP contribution in [0, 0.1) is 0 Å². The summed E-state index contributed by atoms with van der Waals surface area (Å²) in [5, 5.41) is 3.28. The molecule has 0 bridgehead atoms. The predicted octanol–water partition coefficient (Wildman–Crippen LogP) is 0.543. The monoisotopic (exact) mass is 185 g/mol. The van der Waals surface area contributed by atoms with Gasteiger partial charge in [-0.3, -0.25) is 0 Å². The van der Waals surface area contributed by atoms with E-state index in [2.05, 4.69) is 10.0 Å². The van der Waals surface area contributed by atoms with Crippen LogP contribution in [-0.4, -0.2) is 45.9 Å². The summed E-state index contributed by atoms with van der Waals surface area (Å²) in [6, 6.07) is -1.92. The van der Waals surface area contributed by atoms with Crippen LogP contribution in [0.3, 0.4) is 0 Å². The van der Waals surface area contributed by atoms with Crippen molar-refractivity contribution >= 4 is 7.85 Å². The Morgan fingerprint density at radius 2 is 2.46 bits per heavy atom. The van der Waals surface area contributed by atoms with Crippen LogP contribution in [0.1, 0.15) is 0 Å². The molecule has 0 spiro atoms. The fourth-order valence-electron chi connectivity index (χ4n) is 1.26. The molecule has 4 atom stereocenters. The molecule has 1 aliphatic rings. The molecule has 0 saturated carbocycles. The zero-order valence-corrected chi connectivity index (χ0v) is 7.13. The van der Waals surface area contributed by atoms with E-state index in [-0.39, 0.29) is 6.61 Å². The van der Waals surface area contributed by atoms with Crippen molar-refractivity contribution in [1.82, 2.24) is 0 Å². The molecule has 13 heavy (non-hydrogen) atoms. The number of azide groups is 1. The highest BCUT2D eigenvalue weighted by molar-refractivity contribution is 6.11. The van der Waals surface area contributed by atoms with Crippen molar-refractivity contribution < 1.29 is 13.9 Å². The van der Waals surface area contributed by atoms with Gasteiger partial charge in [-0.1, -0.05) is 5.11 Å². The molecule has 70 valence electrons. The number of ether oxygens (including phenoxy) is 2. The van der Waals surface area contributed by atoms with Gasteiger partial charge in [-0.2, -0.15) is 0 Å². The lowest BCUT2D eigenvalue weighted by molar-refractivity contribution is 0.0178. The summed E-state index contributed by atoms with van der Waals surface area (Å²) in [5.41, 5.74) is 8.17. The molecule has 0 aromatic rings. The van der Waals surface area contributed by atoms with Gasteiger partial charge in [0.05, 0.1) is 18.8 Å². The van der Waals surface area contributed by atoms with E-state index in [0.29, 0.717) is 0 Å². The summed E-state index contributed by atoms with van der Waals surface area (Å²) in [5.74, 6) is 0. The molecule has 1 heterocycles. The van der Waals surface area contributed by atoms with Gasteiger partial charge in [0.25, 0.3) is 0 Å². The van der Waals surface area contributed by atoms with Crippen molar-refractivity contribution in [2.24, 2.45) is 5.11 Å². The summed E-state index contributed by atoms with van der Waals surface area (Å²) in [7, 11) is 6.74. The van der Waals surface area contributed by atoms with Crippen LogP contribution in [-0.2, 0) is 9.47 Å². The largest absolute Gasteiger partial charge is 0.382 e. The van der Waals surface area contributed by atoms with E-state index in [1.807, 2.05) is 0 Å². The highest BCUT2D eigenvalue weighted by Gasteiger charge is 2.41. The lowest BCUT2D eigenvalue weighted by Crippen LogP contribution is -2.29. The molecule has 1 aliphatic heterocycles. The summed E-state index contributed by atoms with van der Waals surface area (Å²) in [6.07, 6.45) is -2.05. The van der Waals surface area contributed by atoms with Gasteiger partial charge in [0.2, 0.25) is 0 Å². The van der Waals surface area contributed by atoms with Crippen molar-refractivity contribution in [2.75, 3.05) is 13.7 Å². The SMILES string of the molecule is [B][C@@H]1O[C@H](COC)C(N=[N+]=[N-])[C@@H]1F. The molecule has 0 N–H and O–H groups in total. The first kappa shape index (κ1) is 10.3. The maximum absolute atomic E-state index is 13.2. The van der Waals surface area contributed by atoms with Crippen molar-refractivity contribution in [3.8, 4) is 0 Å². The van der Waals surface area contributed by atoms with Gasteiger partial charge in [0.15, 0.2) is 0 Å². The van der Waals surface area contributed by atoms with Crippen LogP contribution in [0.2, 0.25) is 0 Å². The minimum Gasteiger partial charge on any atom is -0.382 e. The summed E-state index contributed by atoms with van der Waals surface area (Å²) >= 11 is 0. The molecule has 1 saturated heterocycles. The Balaban J connectivity index is 2.67. The molecule has 0 amide bonds. The van der Waals surface area contributed by atoms with Gasteiger partial charge in [-0.05, 0) is 5.53 Å². The lowest BCUT2D eigenvalue weighted by atomic mass is 9.93. The van der Waals surface area contributed by atoms with Crippen LogP contribution < -0.4 is 0 Å². The van der Waals surface area contributed by atoms with Gasteiger partial charge in [-0.15, -0.1) is 0 Å². The van der Waals surface area contributed by atoms with E-state index in [4.69, 9.17) is 22.9 Å². The molecule has 0 aliphatic carbocycles. The molecular formula is C6H9BFN3O2. The first-order chi connectivity index (χ1) is 6.20. The van der Waals surface area contributed by atoms with Crippen LogP contribution >= 0.6 is 0 Å². The van der Waals surface area contributed by atoms with E-state index in [0.717, 1.165) is 0 Å². The zero-order chi connectivity index (χ0) is 9.84. The summed E-state index contributed by atoms with van der Waals surface area (Å²) in [4.78, 5) is 2.53. The van der Waals surface area contributed by atoms with E-state index < -0.39 is 24.3 Å². The maximum Gasteiger partial charge on any atom is 0.129 e. The molecule has 1 fully saturated rings. The van der Waals surface area contributed by atoms with Crippen LogP contribution in [0.15, 0.2) is 5.11 Å². The molecular weight excluding hydrogens is 176 g/mol. The Hall–Kier alpha value is -0.775. The van der Waals surface area contributed by atoms with Crippen molar-refractivity contribution in [3.05, 3.63) is 10.4 Å². The highest BCUT2D eigenvalue weighted by Crippen LogP contribution is 2.25. The van der Waals surface area contributed by atoms with E-state index in [1.54, 1.807) is 0 Å². The Kier molecular flexibility index (Phi) is 3.53. The van der Waals surface area contributed by atoms with Gasteiger partial charge in [-0.25, -0.2) is 4.39 Å². The number of methoxy groups -OCH3 is 1. The number of halogens is 1. The van der Waals surface area contributed by atoms with Crippen molar-refractivity contribution in [1.29, 1.82) is 0 Å². The van der Waals surface area contributed by atoms with E-state index >= 15 is 0 Å². The molecule has 0 aromatic heterocycles. The molecule has 5 nitrogen and oxygen atoms in total. The smallest absolute Gasteiger partial charge is 0.129 e. The van der Waals surface area contributed by atoms with Gasteiger partial charge in [0.1, 0.15) is 14.0 Å². The van der Waals surface area contributed by atoms with Crippen molar-refractivity contribution in [2.45, 2.75) is 24.3 Å². The topological polar surface area (TPSA) is 67.2 Å². The third-order valence-electron chi connectivity index (χ3n) is 1.87. The van der Waals surface area contributed by atoms with E-state index in [9.17, 15) is 4.39 Å². The van der Waals surface area contributed by atoms with Gasteiger partial charge in [0, 0.05) is 18.0 Å². The molecule has 2 radical (unpaired) electrons. The standard InChI is InChI=1S/C6H9BFN3O2/c1-12-2-3-5(10-11-9)4(8)6(7)13-3/h3-6H,2H2,1H3/t3-,4+,5?,6-/m1/s1. The number of hydrogen-bond acceptors (Lipinski definition) is 3. The summed E-state index contributed by atoms with van der Waals surface area (Å²) in [6.45, 7) is 0.164. The number of nitrogens with zero attached hydrogens (tertiary/aromatic N) is 3. The first-order valence-electron chi connectivity index (χ1n) is 3.79. The second kappa shape index (κ2) is 4.46. The van der Waals surface area contributed by atoms with Crippen LogP contribution in [0.25, 0.3) is 10.4 Å². The maximum atomic E-state index is 13.2. The third-order valence-corrected chi connectivity index (χ3v) is 1.87.